The Labute approximate surface area is 128 Å². The van der Waals surface area contributed by atoms with E-state index >= 15 is 0 Å². The van der Waals surface area contributed by atoms with Crippen LogP contribution in [0, 0.1) is 0 Å². The summed E-state index contributed by atoms with van der Waals surface area (Å²) in [4.78, 5) is 1.18. The van der Waals surface area contributed by atoms with Crippen LogP contribution < -0.4 is 0 Å². The predicted octanol–water partition coefficient (Wildman–Crippen LogP) is 2.35. The molecule has 3 rings (SSSR count). The molecule has 3 aromatic rings. The van der Waals surface area contributed by atoms with E-state index in [-0.39, 0.29) is 17.9 Å². The Kier molecular flexibility index (Phi) is 3.80. The van der Waals surface area contributed by atoms with E-state index in [1.807, 2.05) is 6.92 Å². The molecule has 0 saturated heterocycles. The Morgan fingerprint density at radius 3 is 2.61 bits per heavy atom. The molecule has 2 heterocycles. The van der Waals surface area contributed by atoms with E-state index in [9.17, 15) is 13.2 Å². The fourth-order valence-electron chi connectivity index (χ4n) is 1.88. The van der Waals surface area contributed by atoms with Gasteiger partial charge >= 0.3 is 6.18 Å². The fourth-order valence-corrected chi connectivity index (χ4v) is 1.88. The van der Waals surface area contributed by atoms with Crippen molar-refractivity contribution < 1.29 is 17.6 Å². The molecule has 23 heavy (non-hydrogen) atoms. The van der Waals surface area contributed by atoms with Crippen LogP contribution in [0.15, 0.2) is 28.7 Å². The molecular formula is C13H11F3N6O. The molecule has 0 atom stereocenters. The van der Waals surface area contributed by atoms with Crippen LogP contribution in [0.3, 0.4) is 0 Å². The van der Waals surface area contributed by atoms with Gasteiger partial charge in [-0.05, 0) is 17.3 Å². The highest BCUT2D eigenvalue weighted by Gasteiger charge is 2.30. The van der Waals surface area contributed by atoms with E-state index in [2.05, 4.69) is 25.6 Å². The number of aromatic nitrogens is 6. The smallest absolute Gasteiger partial charge is 0.416 e. The molecule has 7 nitrogen and oxygen atoms in total. The normalized spacial score (nSPS) is 11.8. The summed E-state index contributed by atoms with van der Waals surface area (Å²) in [6.07, 6.45) is -3.82. The van der Waals surface area contributed by atoms with Crippen molar-refractivity contribution in [3.05, 3.63) is 41.6 Å². The Bertz CT molecular complexity index is 810. The largest absolute Gasteiger partial charge is 0.423 e. The number of hydrogen-bond donors (Lipinski definition) is 0. The molecule has 0 amide bonds. The number of halogens is 3. The maximum absolute atomic E-state index is 12.7. The van der Waals surface area contributed by atoms with Crippen LogP contribution in [0.25, 0.3) is 11.4 Å². The standard InChI is InChI=1S/C13H11F3N6O/c1-2-10-17-18-11(23-10)7-22-20-12(19-21-22)8-4-3-5-9(6-8)13(14,15)16/h3-6H,2,7H2,1H3. The predicted molar refractivity (Wildman–Crippen MR) is 71.0 cm³/mol. The van der Waals surface area contributed by atoms with Crippen molar-refractivity contribution in [2.75, 3.05) is 0 Å². The third-order valence-corrected chi connectivity index (χ3v) is 2.99. The zero-order valence-corrected chi connectivity index (χ0v) is 11.9. The molecule has 0 aliphatic rings. The van der Waals surface area contributed by atoms with Gasteiger partial charge in [0.25, 0.3) is 0 Å². The highest BCUT2D eigenvalue weighted by atomic mass is 19.4. The first-order valence-electron chi connectivity index (χ1n) is 6.72. The summed E-state index contributed by atoms with van der Waals surface area (Å²) in [5.41, 5.74) is -0.540. The minimum absolute atomic E-state index is 0.0892. The molecule has 0 fully saturated rings. The lowest BCUT2D eigenvalue weighted by molar-refractivity contribution is -0.137. The van der Waals surface area contributed by atoms with Crippen LogP contribution in [0.1, 0.15) is 24.3 Å². The Hall–Kier alpha value is -2.78. The summed E-state index contributed by atoms with van der Waals surface area (Å²) in [6.45, 7) is 1.97. The molecule has 0 aliphatic carbocycles. The minimum Gasteiger partial charge on any atom is -0.423 e. The van der Waals surface area contributed by atoms with Crippen LogP contribution in [0.4, 0.5) is 13.2 Å². The lowest BCUT2D eigenvalue weighted by Gasteiger charge is -2.06. The number of benzene rings is 1. The zero-order chi connectivity index (χ0) is 16.4. The van der Waals surface area contributed by atoms with Gasteiger partial charge in [-0.3, -0.25) is 0 Å². The van der Waals surface area contributed by atoms with E-state index < -0.39 is 11.7 Å². The third kappa shape index (κ3) is 3.35. The van der Waals surface area contributed by atoms with Gasteiger partial charge in [0.2, 0.25) is 17.6 Å². The lowest BCUT2D eigenvalue weighted by Crippen LogP contribution is -2.05. The van der Waals surface area contributed by atoms with Crippen LogP contribution in [-0.2, 0) is 19.1 Å². The Morgan fingerprint density at radius 2 is 1.91 bits per heavy atom. The van der Waals surface area contributed by atoms with Crippen molar-refractivity contribution >= 4 is 0 Å². The number of aryl methyl sites for hydroxylation is 1. The van der Waals surface area contributed by atoms with Crippen LogP contribution >= 0.6 is 0 Å². The van der Waals surface area contributed by atoms with Crippen molar-refractivity contribution in [1.82, 2.24) is 30.4 Å². The van der Waals surface area contributed by atoms with Crippen molar-refractivity contribution in [2.24, 2.45) is 0 Å². The molecule has 0 aliphatic heterocycles. The van der Waals surface area contributed by atoms with E-state index in [1.165, 1.54) is 16.9 Å². The van der Waals surface area contributed by atoms with Crippen molar-refractivity contribution in [3.63, 3.8) is 0 Å². The molecule has 0 spiro atoms. The van der Waals surface area contributed by atoms with Gasteiger partial charge in [-0.25, -0.2) is 0 Å². The van der Waals surface area contributed by atoms with Gasteiger partial charge in [-0.1, -0.05) is 19.1 Å². The van der Waals surface area contributed by atoms with Crippen LogP contribution in [-0.4, -0.2) is 30.4 Å². The Balaban J connectivity index is 1.81. The first-order valence-corrected chi connectivity index (χ1v) is 6.72. The SMILES string of the molecule is CCc1nnc(Cn2nnc(-c3cccc(C(F)(F)F)c3)n2)o1. The molecule has 0 unspecified atom stereocenters. The molecule has 2 aromatic heterocycles. The van der Waals surface area contributed by atoms with E-state index in [1.54, 1.807) is 0 Å². The first-order chi connectivity index (χ1) is 11.0. The topological polar surface area (TPSA) is 82.5 Å². The summed E-state index contributed by atoms with van der Waals surface area (Å²) in [5, 5.41) is 19.2. The van der Waals surface area contributed by atoms with Crippen molar-refractivity contribution in [3.8, 4) is 11.4 Å². The maximum atomic E-state index is 12.7. The zero-order valence-electron chi connectivity index (χ0n) is 11.9. The Morgan fingerprint density at radius 1 is 1.13 bits per heavy atom. The quantitative estimate of drug-likeness (QED) is 0.732. The first kappa shape index (κ1) is 15.1. The fraction of sp³-hybridized carbons (Fsp3) is 0.308. The molecule has 1 aromatic carbocycles. The number of alkyl halides is 3. The summed E-state index contributed by atoms with van der Waals surface area (Å²) in [6, 6.07) is 4.74. The van der Waals surface area contributed by atoms with Crippen LogP contribution in [0.5, 0.6) is 0 Å². The number of tetrazole rings is 1. The van der Waals surface area contributed by atoms with Gasteiger partial charge in [-0.15, -0.1) is 20.4 Å². The lowest BCUT2D eigenvalue weighted by atomic mass is 10.1. The molecule has 0 bridgehead atoms. The molecule has 0 N–H and O–H groups in total. The van der Waals surface area contributed by atoms with Gasteiger partial charge in [-0.2, -0.15) is 18.0 Å². The summed E-state index contributed by atoms with van der Waals surface area (Å²) in [5.74, 6) is 0.874. The highest BCUT2D eigenvalue weighted by Crippen LogP contribution is 2.31. The van der Waals surface area contributed by atoms with Gasteiger partial charge in [0, 0.05) is 12.0 Å². The van der Waals surface area contributed by atoms with Crippen molar-refractivity contribution in [1.29, 1.82) is 0 Å². The second-order valence-electron chi connectivity index (χ2n) is 4.67. The third-order valence-electron chi connectivity index (χ3n) is 2.99. The minimum atomic E-state index is -4.42. The maximum Gasteiger partial charge on any atom is 0.416 e. The summed E-state index contributed by atoms with van der Waals surface area (Å²) >= 11 is 0. The monoisotopic (exact) mass is 324 g/mol. The summed E-state index contributed by atoms with van der Waals surface area (Å²) < 4.78 is 43.5. The number of nitrogens with zero attached hydrogens (tertiary/aromatic N) is 6. The second-order valence-corrected chi connectivity index (χ2v) is 4.67. The van der Waals surface area contributed by atoms with Gasteiger partial charge in [0.05, 0.1) is 5.56 Å². The molecule has 0 radical (unpaired) electrons. The van der Waals surface area contributed by atoms with E-state index in [0.29, 0.717) is 18.2 Å². The van der Waals surface area contributed by atoms with Gasteiger partial charge in [0.15, 0.2) is 0 Å². The van der Waals surface area contributed by atoms with Crippen LogP contribution in [0.2, 0.25) is 0 Å². The molecule has 0 saturated carbocycles. The number of rotatable bonds is 4. The second kappa shape index (κ2) is 5.78. The van der Waals surface area contributed by atoms with E-state index in [4.69, 9.17) is 4.42 Å². The highest BCUT2D eigenvalue weighted by molar-refractivity contribution is 5.55. The van der Waals surface area contributed by atoms with Crippen molar-refractivity contribution in [2.45, 2.75) is 26.1 Å². The molecular weight excluding hydrogens is 313 g/mol. The van der Waals surface area contributed by atoms with E-state index in [0.717, 1.165) is 12.1 Å². The number of hydrogen-bond acceptors (Lipinski definition) is 6. The average Bonchev–Trinajstić information content (AvgIpc) is 3.16. The summed E-state index contributed by atoms with van der Waals surface area (Å²) in [7, 11) is 0. The molecule has 10 heteroatoms. The average molecular weight is 324 g/mol. The molecule has 120 valence electrons. The van der Waals surface area contributed by atoms with Gasteiger partial charge < -0.3 is 4.42 Å². The van der Waals surface area contributed by atoms with Gasteiger partial charge in [0.1, 0.15) is 6.54 Å².